The number of anilines is 2. The van der Waals surface area contributed by atoms with Crippen LogP contribution in [0.1, 0.15) is 19.4 Å². The van der Waals surface area contributed by atoms with E-state index in [1.54, 1.807) is 25.1 Å². The van der Waals surface area contributed by atoms with Gasteiger partial charge in [0, 0.05) is 18.3 Å². The molecule has 0 aromatic heterocycles. The molecule has 0 spiro atoms. The Morgan fingerprint density at radius 3 is 2.41 bits per heavy atom. The first-order chi connectivity index (χ1) is 7.90. The Labute approximate surface area is 105 Å². The van der Waals surface area contributed by atoms with Crippen LogP contribution < -0.4 is 10.6 Å². The molecule has 0 aliphatic rings. The second-order valence-electron chi connectivity index (χ2n) is 3.82. The highest BCUT2D eigenvalue weighted by Crippen LogP contribution is 2.20. The van der Waals surface area contributed by atoms with Crippen LogP contribution in [-0.4, -0.2) is 17.2 Å². The normalized spacial score (nSPS) is 11.8. The monoisotopic (exact) mass is 254 g/mol. The first-order valence-electron chi connectivity index (χ1n) is 5.23. The molecule has 0 saturated heterocycles. The van der Waals surface area contributed by atoms with E-state index in [1.165, 1.54) is 6.92 Å². The first kappa shape index (κ1) is 13.5. The van der Waals surface area contributed by atoms with E-state index in [0.717, 1.165) is 11.3 Å². The van der Waals surface area contributed by atoms with Crippen LogP contribution in [0.15, 0.2) is 18.2 Å². The lowest BCUT2D eigenvalue weighted by atomic mass is 10.1. The second-order valence-corrected chi connectivity index (χ2v) is 4.47. The molecule has 0 aliphatic carbocycles. The van der Waals surface area contributed by atoms with Crippen molar-refractivity contribution < 1.29 is 9.59 Å². The minimum absolute atomic E-state index is 0.126. The van der Waals surface area contributed by atoms with Gasteiger partial charge in [0.1, 0.15) is 5.38 Å². The van der Waals surface area contributed by atoms with Crippen LogP contribution in [0.25, 0.3) is 0 Å². The molecule has 2 amide bonds. The van der Waals surface area contributed by atoms with Crippen LogP contribution in [0, 0.1) is 6.92 Å². The van der Waals surface area contributed by atoms with E-state index in [-0.39, 0.29) is 11.8 Å². The molecule has 4 nitrogen and oxygen atoms in total. The molecule has 0 saturated carbocycles. The van der Waals surface area contributed by atoms with Gasteiger partial charge in [-0.25, -0.2) is 0 Å². The summed E-state index contributed by atoms with van der Waals surface area (Å²) in [6.45, 7) is 4.91. The van der Waals surface area contributed by atoms with E-state index < -0.39 is 5.38 Å². The quantitative estimate of drug-likeness (QED) is 0.815. The van der Waals surface area contributed by atoms with Crippen LogP contribution >= 0.6 is 11.6 Å². The predicted octanol–water partition coefficient (Wildman–Crippen LogP) is 2.52. The highest BCUT2D eigenvalue weighted by Gasteiger charge is 2.09. The topological polar surface area (TPSA) is 58.2 Å². The summed E-state index contributed by atoms with van der Waals surface area (Å²) in [5.41, 5.74) is 2.27. The zero-order chi connectivity index (χ0) is 13.0. The van der Waals surface area contributed by atoms with Gasteiger partial charge >= 0.3 is 0 Å². The highest BCUT2D eigenvalue weighted by atomic mass is 35.5. The summed E-state index contributed by atoms with van der Waals surface area (Å²) in [5.74, 6) is -0.377. The summed E-state index contributed by atoms with van der Waals surface area (Å²) in [6.07, 6.45) is 0. The summed E-state index contributed by atoms with van der Waals surface area (Å²) >= 11 is 5.65. The molecular formula is C12H15ClN2O2. The van der Waals surface area contributed by atoms with Crippen molar-refractivity contribution in [1.29, 1.82) is 0 Å². The van der Waals surface area contributed by atoms with Crippen molar-refractivity contribution in [2.45, 2.75) is 26.1 Å². The van der Waals surface area contributed by atoms with Crippen molar-refractivity contribution in [3.63, 3.8) is 0 Å². The number of benzene rings is 1. The molecule has 92 valence electrons. The Hall–Kier alpha value is -1.55. The lowest BCUT2D eigenvalue weighted by molar-refractivity contribution is -0.116. The zero-order valence-electron chi connectivity index (χ0n) is 10.0. The van der Waals surface area contributed by atoms with Crippen molar-refractivity contribution in [3.8, 4) is 0 Å². The van der Waals surface area contributed by atoms with Crippen LogP contribution in [0.4, 0.5) is 11.4 Å². The van der Waals surface area contributed by atoms with Crippen molar-refractivity contribution in [2.75, 3.05) is 10.6 Å². The Morgan fingerprint density at radius 1 is 1.29 bits per heavy atom. The number of rotatable bonds is 3. The molecule has 1 aromatic carbocycles. The number of nitrogens with one attached hydrogen (secondary N) is 2. The third kappa shape index (κ3) is 4.07. The van der Waals surface area contributed by atoms with E-state index >= 15 is 0 Å². The molecule has 0 heterocycles. The molecule has 17 heavy (non-hydrogen) atoms. The van der Waals surface area contributed by atoms with Crippen molar-refractivity contribution in [2.24, 2.45) is 0 Å². The molecular weight excluding hydrogens is 240 g/mol. The number of hydrogen-bond acceptors (Lipinski definition) is 2. The van der Waals surface area contributed by atoms with Gasteiger partial charge in [-0.15, -0.1) is 11.6 Å². The number of hydrogen-bond donors (Lipinski definition) is 2. The van der Waals surface area contributed by atoms with Crippen molar-refractivity contribution in [3.05, 3.63) is 23.8 Å². The highest BCUT2D eigenvalue weighted by molar-refractivity contribution is 6.32. The molecule has 1 atom stereocenters. The average molecular weight is 255 g/mol. The molecule has 0 radical (unpaired) electrons. The van der Waals surface area contributed by atoms with Gasteiger partial charge in [0.2, 0.25) is 11.8 Å². The zero-order valence-corrected chi connectivity index (χ0v) is 10.8. The molecule has 0 bridgehead atoms. The third-order valence-corrected chi connectivity index (χ3v) is 2.36. The molecule has 5 heteroatoms. The van der Waals surface area contributed by atoms with Crippen LogP contribution in [0.2, 0.25) is 0 Å². The standard InChI is InChI=1S/C12H15ClN2O2/c1-7-6-10(15-12(17)8(2)13)4-5-11(7)14-9(3)16/h4-6,8H,1-3H3,(H,14,16)(H,15,17). The Morgan fingerprint density at radius 2 is 1.94 bits per heavy atom. The van der Waals surface area contributed by atoms with E-state index in [1.807, 2.05) is 6.92 Å². The van der Waals surface area contributed by atoms with E-state index in [9.17, 15) is 9.59 Å². The van der Waals surface area contributed by atoms with E-state index in [2.05, 4.69) is 10.6 Å². The summed E-state index contributed by atoms with van der Waals surface area (Å²) < 4.78 is 0. The van der Waals surface area contributed by atoms with Gasteiger partial charge in [-0.1, -0.05) is 0 Å². The molecule has 1 rings (SSSR count). The maximum absolute atomic E-state index is 11.4. The summed E-state index contributed by atoms with van der Waals surface area (Å²) in [5, 5.41) is 4.80. The third-order valence-electron chi connectivity index (χ3n) is 2.17. The summed E-state index contributed by atoms with van der Waals surface area (Å²) in [4.78, 5) is 22.3. The van der Waals surface area contributed by atoms with E-state index in [4.69, 9.17) is 11.6 Å². The van der Waals surface area contributed by atoms with Crippen molar-refractivity contribution >= 4 is 34.8 Å². The maximum Gasteiger partial charge on any atom is 0.242 e. The number of aryl methyl sites for hydroxylation is 1. The molecule has 1 aromatic rings. The SMILES string of the molecule is CC(=O)Nc1ccc(NC(=O)C(C)Cl)cc1C. The number of amides is 2. The van der Waals surface area contributed by atoms with Crippen LogP contribution in [0.3, 0.4) is 0 Å². The largest absolute Gasteiger partial charge is 0.326 e. The first-order valence-corrected chi connectivity index (χ1v) is 5.67. The summed E-state index contributed by atoms with van der Waals surface area (Å²) in [7, 11) is 0. The van der Waals surface area contributed by atoms with Crippen LogP contribution in [0.5, 0.6) is 0 Å². The lowest BCUT2D eigenvalue weighted by Crippen LogP contribution is -2.20. The molecule has 2 N–H and O–H groups in total. The average Bonchev–Trinajstić information content (AvgIpc) is 2.21. The van der Waals surface area contributed by atoms with E-state index in [0.29, 0.717) is 5.69 Å². The Balaban J connectivity index is 2.82. The van der Waals surface area contributed by atoms with Gasteiger partial charge in [-0.3, -0.25) is 9.59 Å². The molecule has 0 aliphatic heterocycles. The number of alkyl halides is 1. The summed E-state index contributed by atoms with van der Waals surface area (Å²) in [6, 6.07) is 5.24. The molecule has 0 fully saturated rings. The lowest BCUT2D eigenvalue weighted by Gasteiger charge is -2.10. The fourth-order valence-electron chi connectivity index (χ4n) is 1.31. The Bertz CT molecular complexity index is 444. The number of carbonyl (C=O) groups is 2. The van der Waals surface area contributed by atoms with Gasteiger partial charge in [-0.2, -0.15) is 0 Å². The van der Waals surface area contributed by atoms with Crippen LogP contribution in [-0.2, 0) is 9.59 Å². The van der Waals surface area contributed by atoms with Gasteiger partial charge in [0.05, 0.1) is 0 Å². The van der Waals surface area contributed by atoms with Crippen molar-refractivity contribution in [1.82, 2.24) is 0 Å². The minimum atomic E-state index is -0.578. The molecule has 1 unspecified atom stereocenters. The fourth-order valence-corrected chi connectivity index (χ4v) is 1.37. The second kappa shape index (κ2) is 5.68. The number of carbonyl (C=O) groups excluding carboxylic acids is 2. The van der Waals surface area contributed by atoms with Gasteiger partial charge < -0.3 is 10.6 Å². The predicted molar refractivity (Wildman–Crippen MR) is 69.4 cm³/mol. The maximum atomic E-state index is 11.4. The van der Waals surface area contributed by atoms with Gasteiger partial charge in [-0.05, 0) is 37.6 Å². The Kier molecular flexibility index (Phi) is 4.52. The fraction of sp³-hybridized carbons (Fsp3) is 0.333. The minimum Gasteiger partial charge on any atom is -0.326 e. The smallest absolute Gasteiger partial charge is 0.242 e. The number of halogens is 1. The van der Waals surface area contributed by atoms with Gasteiger partial charge in [0.25, 0.3) is 0 Å². The van der Waals surface area contributed by atoms with Gasteiger partial charge in [0.15, 0.2) is 0 Å².